The highest BCUT2D eigenvalue weighted by molar-refractivity contribution is 6.01. The highest BCUT2D eigenvalue weighted by Crippen LogP contribution is 2.60. The molecule has 4 rings (SSSR count). The number of Topliss-reactive ketones (excluding diaryl/α,β-unsaturated/α-hetero) is 1. The summed E-state index contributed by atoms with van der Waals surface area (Å²) in [6.45, 7) is 2.14. The lowest BCUT2D eigenvalue weighted by molar-refractivity contribution is -0.134. The zero-order valence-electron chi connectivity index (χ0n) is 12.5. The molecule has 0 aromatic carbocycles. The van der Waals surface area contributed by atoms with Gasteiger partial charge in [0.25, 0.3) is 0 Å². The molecule has 3 saturated carbocycles. The lowest BCUT2D eigenvalue weighted by Crippen LogP contribution is -2.54. The van der Waals surface area contributed by atoms with Gasteiger partial charge in [0.05, 0.1) is 0 Å². The van der Waals surface area contributed by atoms with E-state index in [0.717, 1.165) is 37.7 Å². The van der Waals surface area contributed by atoms with E-state index in [-0.39, 0.29) is 17.1 Å². The van der Waals surface area contributed by atoms with Gasteiger partial charge in [-0.05, 0) is 73.7 Å². The predicted molar refractivity (Wildman–Crippen MR) is 78.5 cm³/mol. The maximum Gasteiger partial charge on any atom is 0.178 e. The Bertz CT molecular complexity index is 587. The first kappa shape index (κ1) is 13.4. The normalized spacial score (nSPS) is 48.5. The minimum atomic E-state index is -0.941. The average molecular weight is 286 g/mol. The van der Waals surface area contributed by atoms with E-state index < -0.39 is 5.60 Å². The summed E-state index contributed by atoms with van der Waals surface area (Å²) in [6.07, 6.45) is 10.1. The summed E-state index contributed by atoms with van der Waals surface area (Å²) in [4.78, 5) is 23.9. The molecule has 0 aliphatic heterocycles. The van der Waals surface area contributed by atoms with Crippen LogP contribution in [0.4, 0.5) is 0 Å². The zero-order valence-corrected chi connectivity index (χ0v) is 12.5. The number of rotatable bonds is 0. The molecule has 112 valence electrons. The maximum atomic E-state index is 12.3. The van der Waals surface area contributed by atoms with Crippen LogP contribution < -0.4 is 0 Å². The minimum absolute atomic E-state index is 0.00943. The third-order valence-corrected chi connectivity index (χ3v) is 6.79. The topological polar surface area (TPSA) is 54.4 Å². The van der Waals surface area contributed by atoms with Crippen molar-refractivity contribution >= 4 is 11.6 Å². The number of fused-ring (bicyclic) bond motifs is 5. The molecule has 0 spiro atoms. The van der Waals surface area contributed by atoms with E-state index in [1.54, 1.807) is 12.2 Å². The Morgan fingerprint density at radius 3 is 2.76 bits per heavy atom. The summed E-state index contributed by atoms with van der Waals surface area (Å²) in [7, 11) is 0. The zero-order chi connectivity index (χ0) is 14.8. The molecule has 4 aliphatic rings. The van der Waals surface area contributed by atoms with Gasteiger partial charge in [0.15, 0.2) is 5.78 Å². The van der Waals surface area contributed by atoms with E-state index in [9.17, 15) is 14.7 Å². The first-order chi connectivity index (χ1) is 9.95. The highest BCUT2D eigenvalue weighted by Gasteiger charge is 2.59. The molecule has 0 amide bonds. The monoisotopic (exact) mass is 286 g/mol. The van der Waals surface area contributed by atoms with Gasteiger partial charge in [-0.1, -0.05) is 6.92 Å². The Balaban J connectivity index is 1.72. The molecule has 4 aliphatic carbocycles. The molecule has 0 radical (unpaired) electrons. The fourth-order valence-corrected chi connectivity index (χ4v) is 5.62. The molecule has 0 saturated heterocycles. The molecular weight excluding hydrogens is 264 g/mol. The van der Waals surface area contributed by atoms with Crippen LogP contribution in [0, 0.1) is 23.2 Å². The van der Waals surface area contributed by atoms with E-state index in [0.29, 0.717) is 24.0 Å². The second-order valence-electron chi connectivity index (χ2n) is 7.56. The fraction of sp³-hybridized carbons (Fsp3) is 0.667. The number of carbonyl (C=O) groups excluding carboxylic acids is 2. The Kier molecular flexibility index (Phi) is 2.66. The molecule has 21 heavy (non-hydrogen) atoms. The van der Waals surface area contributed by atoms with Gasteiger partial charge < -0.3 is 5.11 Å². The van der Waals surface area contributed by atoms with E-state index >= 15 is 0 Å². The molecule has 3 fully saturated rings. The van der Waals surface area contributed by atoms with E-state index in [1.165, 1.54) is 6.08 Å². The second kappa shape index (κ2) is 4.16. The quantitative estimate of drug-likeness (QED) is 0.744. The summed E-state index contributed by atoms with van der Waals surface area (Å²) in [6, 6.07) is 0. The molecule has 3 nitrogen and oxygen atoms in total. The number of allylic oxidation sites excluding steroid dienone is 2. The first-order valence-electron chi connectivity index (χ1n) is 8.15. The van der Waals surface area contributed by atoms with Crippen LogP contribution in [-0.2, 0) is 9.59 Å². The van der Waals surface area contributed by atoms with E-state index in [2.05, 4.69) is 6.92 Å². The second-order valence-corrected chi connectivity index (χ2v) is 7.56. The van der Waals surface area contributed by atoms with Crippen molar-refractivity contribution < 1.29 is 14.7 Å². The third kappa shape index (κ3) is 1.64. The molecule has 1 N–H and O–H groups in total. The van der Waals surface area contributed by atoms with Crippen molar-refractivity contribution in [2.45, 2.75) is 51.0 Å². The van der Waals surface area contributed by atoms with Gasteiger partial charge in [-0.25, -0.2) is 0 Å². The van der Waals surface area contributed by atoms with Gasteiger partial charge in [-0.3, -0.25) is 9.59 Å². The number of hydrogen-bond donors (Lipinski definition) is 1. The van der Waals surface area contributed by atoms with Gasteiger partial charge in [0, 0.05) is 11.8 Å². The van der Waals surface area contributed by atoms with Crippen LogP contribution in [0.25, 0.3) is 0 Å². The molecule has 0 bridgehead atoms. The van der Waals surface area contributed by atoms with Gasteiger partial charge >= 0.3 is 0 Å². The molecular formula is C18H22O3. The van der Waals surface area contributed by atoms with Gasteiger partial charge in [-0.15, -0.1) is 0 Å². The minimum Gasteiger partial charge on any atom is -0.381 e. The SMILES string of the molecule is C[C@]12CC[C@H]3[C@H](CCC4=CC(=O)C=C[C@@]43O)[C@@H]1CCC2=O. The van der Waals surface area contributed by atoms with Gasteiger partial charge in [0.2, 0.25) is 0 Å². The number of aliphatic hydroxyl groups is 1. The van der Waals surface area contributed by atoms with Crippen molar-refractivity contribution in [1.29, 1.82) is 0 Å². The third-order valence-electron chi connectivity index (χ3n) is 6.79. The molecule has 5 atom stereocenters. The molecule has 0 aromatic rings. The number of ketones is 2. The summed E-state index contributed by atoms with van der Waals surface area (Å²) >= 11 is 0. The lowest BCUT2D eigenvalue weighted by atomic mass is 9.51. The highest BCUT2D eigenvalue weighted by atomic mass is 16.3. The van der Waals surface area contributed by atoms with Crippen molar-refractivity contribution in [1.82, 2.24) is 0 Å². The Hall–Kier alpha value is -1.22. The fourth-order valence-electron chi connectivity index (χ4n) is 5.62. The van der Waals surface area contributed by atoms with Crippen molar-refractivity contribution in [3.8, 4) is 0 Å². The lowest BCUT2D eigenvalue weighted by Gasteiger charge is -2.54. The average Bonchev–Trinajstić information content (AvgIpc) is 2.76. The summed E-state index contributed by atoms with van der Waals surface area (Å²) in [5, 5.41) is 11.2. The molecule has 0 aromatic heterocycles. The van der Waals surface area contributed by atoms with E-state index in [4.69, 9.17) is 0 Å². The summed E-state index contributed by atoms with van der Waals surface area (Å²) < 4.78 is 0. The standard InChI is InChI=1S/C18H22O3/c1-17-8-7-15-13(14(17)4-5-16(17)20)3-2-11-10-12(19)6-9-18(11,15)21/h6,9-10,13-15,21H,2-5,7-8H2,1H3/t13-,14+,15+,17+,18-/m1/s1. The van der Waals surface area contributed by atoms with Crippen LogP contribution in [0.1, 0.15) is 45.4 Å². The Labute approximate surface area is 125 Å². The molecule has 0 unspecified atom stereocenters. The van der Waals surface area contributed by atoms with Crippen LogP contribution in [-0.4, -0.2) is 22.3 Å². The van der Waals surface area contributed by atoms with Gasteiger partial charge in [0.1, 0.15) is 11.4 Å². The smallest absolute Gasteiger partial charge is 0.178 e. The van der Waals surface area contributed by atoms with Crippen LogP contribution in [0.15, 0.2) is 23.8 Å². The first-order valence-corrected chi connectivity index (χ1v) is 8.15. The largest absolute Gasteiger partial charge is 0.381 e. The molecule has 3 heteroatoms. The molecule has 0 heterocycles. The van der Waals surface area contributed by atoms with Crippen LogP contribution in [0.2, 0.25) is 0 Å². The predicted octanol–water partition coefficient (Wildman–Crippen LogP) is 2.59. The van der Waals surface area contributed by atoms with Gasteiger partial charge in [-0.2, -0.15) is 0 Å². The summed E-state index contributed by atoms with van der Waals surface area (Å²) in [5.41, 5.74) is -0.208. The van der Waals surface area contributed by atoms with Crippen LogP contribution in [0.3, 0.4) is 0 Å². The number of carbonyl (C=O) groups is 2. The Morgan fingerprint density at radius 1 is 1.14 bits per heavy atom. The number of hydrogen-bond acceptors (Lipinski definition) is 3. The van der Waals surface area contributed by atoms with Crippen molar-refractivity contribution in [2.24, 2.45) is 23.2 Å². The van der Waals surface area contributed by atoms with Crippen molar-refractivity contribution in [3.05, 3.63) is 23.8 Å². The van der Waals surface area contributed by atoms with Crippen molar-refractivity contribution in [3.63, 3.8) is 0 Å². The van der Waals surface area contributed by atoms with E-state index in [1.807, 2.05) is 0 Å². The maximum absolute atomic E-state index is 12.3. The Morgan fingerprint density at radius 2 is 1.95 bits per heavy atom. The van der Waals surface area contributed by atoms with Crippen LogP contribution >= 0.6 is 0 Å². The van der Waals surface area contributed by atoms with Crippen LogP contribution in [0.5, 0.6) is 0 Å². The van der Waals surface area contributed by atoms with Crippen molar-refractivity contribution in [2.75, 3.05) is 0 Å². The summed E-state index contributed by atoms with van der Waals surface area (Å²) in [5.74, 6) is 1.42.